The van der Waals surface area contributed by atoms with E-state index < -0.39 is 0 Å². The summed E-state index contributed by atoms with van der Waals surface area (Å²) in [5, 5.41) is 5.96. The summed E-state index contributed by atoms with van der Waals surface area (Å²) in [4.78, 5) is 2.18. The van der Waals surface area contributed by atoms with E-state index in [0.717, 1.165) is 24.7 Å². The highest BCUT2D eigenvalue weighted by atomic mass is 35.5. The molecule has 0 aromatic carbocycles. The molecule has 1 aromatic heterocycles. The van der Waals surface area contributed by atoms with E-state index >= 15 is 0 Å². The van der Waals surface area contributed by atoms with Gasteiger partial charge in [-0.15, -0.1) is 28.5 Å². The van der Waals surface area contributed by atoms with Crippen molar-refractivity contribution in [1.29, 1.82) is 0 Å². The number of halogens is 1. The number of hydrogen-bond acceptors (Lipinski definition) is 5. The molecule has 0 saturated carbocycles. The van der Waals surface area contributed by atoms with Crippen molar-refractivity contribution < 1.29 is 0 Å². The van der Waals surface area contributed by atoms with Gasteiger partial charge >= 0.3 is 0 Å². The highest BCUT2D eigenvalue weighted by molar-refractivity contribution is 8.01. The summed E-state index contributed by atoms with van der Waals surface area (Å²) in [6.45, 7) is 1.90. The third kappa shape index (κ3) is 1.84. The number of alkyl halides is 1. The van der Waals surface area contributed by atoms with Crippen LogP contribution in [0.25, 0.3) is 0 Å². The van der Waals surface area contributed by atoms with Crippen molar-refractivity contribution >= 4 is 40.7 Å². The fourth-order valence-electron chi connectivity index (χ4n) is 1.11. The second-order valence-corrected chi connectivity index (χ2v) is 5.20. The largest absolute Gasteiger partial charge is 0.351 e. The summed E-state index contributed by atoms with van der Waals surface area (Å²) >= 11 is 9.18. The Morgan fingerprint density at radius 1 is 1.67 bits per heavy atom. The Bertz CT molecular complexity index is 241. The smallest absolute Gasteiger partial charge is 0.163 e. The molecule has 6 heteroatoms. The predicted octanol–water partition coefficient (Wildman–Crippen LogP) is 1.66. The van der Waals surface area contributed by atoms with Crippen LogP contribution >= 0.6 is 34.9 Å². The van der Waals surface area contributed by atoms with Crippen LogP contribution in [0.3, 0.4) is 0 Å². The molecule has 0 radical (unpaired) electrons. The van der Waals surface area contributed by atoms with Gasteiger partial charge in [0, 0.05) is 18.8 Å². The molecule has 1 unspecified atom stereocenters. The van der Waals surface area contributed by atoms with Crippen LogP contribution in [-0.4, -0.2) is 33.1 Å². The van der Waals surface area contributed by atoms with Gasteiger partial charge in [-0.3, -0.25) is 0 Å². The summed E-state index contributed by atoms with van der Waals surface area (Å²) in [6, 6.07) is 0. The monoisotopic (exact) mass is 221 g/mol. The minimum absolute atomic E-state index is 0.195. The molecule has 1 aliphatic rings. The van der Waals surface area contributed by atoms with Crippen LogP contribution in [0.4, 0.5) is 5.82 Å². The topological polar surface area (TPSA) is 29.0 Å². The van der Waals surface area contributed by atoms with E-state index in [0.29, 0.717) is 0 Å². The number of aromatic nitrogens is 2. The lowest BCUT2D eigenvalue weighted by molar-refractivity contribution is 0.816. The second-order valence-electron chi connectivity index (χ2n) is 2.49. The molecule has 1 aromatic rings. The van der Waals surface area contributed by atoms with Gasteiger partial charge < -0.3 is 4.90 Å². The highest BCUT2D eigenvalue weighted by Gasteiger charge is 2.19. The van der Waals surface area contributed by atoms with E-state index in [1.54, 1.807) is 11.8 Å². The van der Waals surface area contributed by atoms with Crippen LogP contribution in [0.15, 0.2) is 5.38 Å². The van der Waals surface area contributed by atoms with Crippen LogP contribution in [0.1, 0.15) is 0 Å². The Morgan fingerprint density at radius 2 is 2.58 bits per heavy atom. The lowest BCUT2D eigenvalue weighted by Crippen LogP contribution is -2.35. The number of hydrogen-bond donors (Lipinski definition) is 0. The molecule has 2 heterocycles. The molecule has 0 aliphatic carbocycles. The number of thioether (sulfide) groups is 1. The SMILES string of the molecule is ClC1CN(c2csnn2)CCS1. The quantitative estimate of drug-likeness (QED) is 0.675. The summed E-state index contributed by atoms with van der Waals surface area (Å²) in [5.74, 6) is 2.04. The van der Waals surface area contributed by atoms with Crippen molar-refractivity contribution in [2.75, 3.05) is 23.7 Å². The first-order chi connectivity index (χ1) is 5.86. The van der Waals surface area contributed by atoms with Gasteiger partial charge in [0.15, 0.2) is 5.82 Å². The molecule has 1 saturated heterocycles. The Kier molecular flexibility index (Phi) is 2.73. The first-order valence-corrected chi connectivity index (χ1v) is 5.96. The van der Waals surface area contributed by atoms with Crippen LogP contribution < -0.4 is 4.90 Å². The fourth-order valence-corrected chi connectivity index (χ4v) is 2.88. The normalized spacial score (nSPS) is 24.4. The third-order valence-electron chi connectivity index (χ3n) is 1.70. The number of anilines is 1. The molecule has 0 spiro atoms. The molecule has 0 bridgehead atoms. The zero-order valence-electron chi connectivity index (χ0n) is 6.31. The molecule has 3 nitrogen and oxygen atoms in total. The molecule has 0 amide bonds. The Hall–Kier alpha value is -0.000000000000000111. The standard InChI is InChI=1S/C6H8ClN3S2/c7-5-3-10(1-2-11-5)6-4-12-9-8-6/h4-5H,1-3H2. The molecule has 1 aliphatic heterocycles. The third-order valence-corrected chi connectivity index (χ3v) is 3.63. The van der Waals surface area contributed by atoms with Crippen LogP contribution in [-0.2, 0) is 0 Å². The molecule has 12 heavy (non-hydrogen) atoms. The van der Waals surface area contributed by atoms with Crippen molar-refractivity contribution in [2.45, 2.75) is 4.71 Å². The maximum absolute atomic E-state index is 6.00. The number of nitrogens with zero attached hydrogens (tertiary/aromatic N) is 3. The molecule has 1 fully saturated rings. The van der Waals surface area contributed by atoms with E-state index in [9.17, 15) is 0 Å². The van der Waals surface area contributed by atoms with Gasteiger partial charge in [0.25, 0.3) is 0 Å². The van der Waals surface area contributed by atoms with Gasteiger partial charge in [-0.2, -0.15) is 0 Å². The van der Waals surface area contributed by atoms with Crippen molar-refractivity contribution in [2.24, 2.45) is 0 Å². The van der Waals surface area contributed by atoms with Crippen molar-refractivity contribution in [1.82, 2.24) is 9.59 Å². The Balaban J connectivity index is 2.04. The maximum atomic E-state index is 6.00. The lowest BCUT2D eigenvalue weighted by Gasteiger charge is -2.28. The van der Waals surface area contributed by atoms with Gasteiger partial charge in [0.1, 0.15) is 0 Å². The molecule has 1 atom stereocenters. The summed E-state index contributed by atoms with van der Waals surface area (Å²) < 4.78 is 4.02. The summed E-state index contributed by atoms with van der Waals surface area (Å²) in [5.41, 5.74) is 0. The van der Waals surface area contributed by atoms with Gasteiger partial charge in [-0.25, -0.2) is 0 Å². The fraction of sp³-hybridized carbons (Fsp3) is 0.667. The average Bonchev–Trinajstić information content (AvgIpc) is 2.56. The van der Waals surface area contributed by atoms with E-state index in [2.05, 4.69) is 14.5 Å². The lowest BCUT2D eigenvalue weighted by atomic mass is 10.5. The predicted molar refractivity (Wildman–Crippen MR) is 54.2 cm³/mol. The van der Waals surface area contributed by atoms with Crippen molar-refractivity contribution in [3.8, 4) is 0 Å². The average molecular weight is 222 g/mol. The minimum Gasteiger partial charge on any atom is -0.351 e. The summed E-state index contributed by atoms with van der Waals surface area (Å²) in [7, 11) is 0. The van der Waals surface area contributed by atoms with Crippen LogP contribution in [0, 0.1) is 0 Å². The van der Waals surface area contributed by atoms with Crippen molar-refractivity contribution in [3.63, 3.8) is 0 Å². The summed E-state index contributed by atoms with van der Waals surface area (Å²) in [6.07, 6.45) is 0. The molecule has 2 rings (SSSR count). The first kappa shape index (κ1) is 8.59. The Labute approximate surface area is 84.3 Å². The van der Waals surface area contributed by atoms with E-state index in [-0.39, 0.29) is 4.71 Å². The van der Waals surface area contributed by atoms with E-state index in [1.807, 2.05) is 5.38 Å². The Morgan fingerprint density at radius 3 is 3.25 bits per heavy atom. The number of rotatable bonds is 1. The minimum atomic E-state index is 0.195. The second kappa shape index (κ2) is 3.81. The maximum Gasteiger partial charge on any atom is 0.163 e. The van der Waals surface area contributed by atoms with Crippen LogP contribution in [0.2, 0.25) is 0 Å². The van der Waals surface area contributed by atoms with Gasteiger partial charge in [-0.1, -0.05) is 4.49 Å². The van der Waals surface area contributed by atoms with E-state index in [4.69, 9.17) is 11.6 Å². The first-order valence-electron chi connectivity index (χ1n) is 3.64. The van der Waals surface area contributed by atoms with E-state index in [1.165, 1.54) is 11.5 Å². The van der Waals surface area contributed by atoms with Crippen molar-refractivity contribution in [3.05, 3.63) is 5.38 Å². The molecular formula is C6H8ClN3S2. The molecule has 66 valence electrons. The van der Waals surface area contributed by atoms with Gasteiger partial charge in [0.2, 0.25) is 0 Å². The zero-order chi connectivity index (χ0) is 8.39. The molecule has 0 N–H and O–H groups in total. The molecular weight excluding hydrogens is 214 g/mol. The van der Waals surface area contributed by atoms with Gasteiger partial charge in [-0.05, 0) is 11.5 Å². The van der Waals surface area contributed by atoms with Gasteiger partial charge in [0.05, 0.1) is 10.1 Å². The van der Waals surface area contributed by atoms with Crippen LogP contribution in [0.5, 0.6) is 0 Å². The highest BCUT2D eigenvalue weighted by Crippen LogP contribution is 2.24. The zero-order valence-corrected chi connectivity index (χ0v) is 8.70.